The van der Waals surface area contributed by atoms with Crippen molar-refractivity contribution in [3.8, 4) is 0 Å². The van der Waals surface area contributed by atoms with E-state index in [2.05, 4.69) is 5.32 Å². The molecule has 0 aliphatic heterocycles. The minimum Gasteiger partial charge on any atom is -0.383 e. The molecular formula is C12H18FNO. The van der Waals surface area contributed by atoms with Crippen LogP contribution < -0.4 is 5.32 Å². The number of aryl methyl sites for hydroxylation is 1. The Morgan fingerprint density at radius 2 is 2.20 bits per heavy atom. The molecule has 0 aliphatic rings. The quantitative estimate of drug-likeness (QED) is 0.806. The molecule has 15 heavy (non-hydrogen) atoms. The van der Waals surface area contributed by atoms with Crippen molar-refractivity contribution >= 4 is 0 Å². The summed E-state index contributed by atoms with van der Waals surface area (Å²) in [5.74, 6) is -0.145. The molecule has 1 atom stereocenters. The number of hydrogen-bond donors (Lipinski definition) is 1. The van der Waals surface area contributed by atoms with Crippen LogP contribution in [0.3, 0.4) is 0 Å². The first-order chi connectivity index (χ1) is 7.13. The molecule has 0 radical (unpaired) electrons. The second-order valence-corrected chi connectivity index (χ2v) is 3.82. The van der Waals surface area contributed by atoms with Gasteiger partial charge >= 0.3 is 0 Å². The largest absolute Gasteiger partial charge is 0.383 e. The second-order valence-electron chi connectivity index (χ2n) is 3.82. The third kappa shape index (κ3) is 3.98. The Hall–Kier alpha value is -0.930. The van der Waals surface area contributed by atoms with E-state index in [1.165, 1.54) is 0 Å². The fourth-order valence-electron chi connectivity index (χ4n) is 1.35. The average molecular weight is 211 g/mol. The summed E-state index contributed by atoms with van der Waals surface area (Å²) in [6.07, 6.45) is 0. The highest BCUT2D eigenvalue weighted by molar-refractivity contribution is 5.23. The van der Waals surface area contributed by atoms with Crippen LogP contribution >= 0.6 is 0 Å². The van der Waals surface area contributed by atoms with Gasteiger partial charge in [0.05, 0.1) is 6.61 Å². The molecule has 1 N–H and O–H groups in total. The molecule has 0 saturated heterocycles. The molecule has 84 valence electrons. The Balaban J connectivity index is 2.47. The van der Waals surface area contributed by atoms with Crippen LogP contribution in [-0.4, -0.2) is 19.8 Å². The molecule has 2 nitrogen and oxygen atoms in total. The number of methoxy groups -OCH3 is 1. The van der Waals surface area contributed by atoms with Gasteiger partial charge < -0.3 is 10.1 Å². The lowest BCUT2D eigenvalue weighted by atomic mass is 10.1. The van der Waals surface area contributed by atoms with Crippen LogP contribution in [0.4, 0.5) is 4.39 Å². The first-order valence-corrected chi connectivity index (χ1v) is 5.11. The summed E-state index contributed by atoms with van der Waals surface area (Å²) in [7, 11) is 1.67. The van der Waals surface area contributed by atoms with Gasteiger partial charge in [-0.2, -0.15) is 0 Å². The maximum absolute atomic E-state index is 13.2. The van der Waals surface area contributed by atoms with Crippen LogP contribution in [0.5, 0.6) is 0 Å². The number of halogens is 1. The lowest BCUT2D eigenvalue weighted by Crippen LogP contribution is -2.29. The van der Waals surface area contributed by atoms with Crippen molar-refractivity contribution in [1.82, 2.24) is 5.32 Å². The number of nitrogens with one attached hydrogen (secondary N) is 1. The van der Waals surface area contributed by atoms with E-state index in [1.807, 2.05) is 13.0 Å². The second kappa shape index (κ2) is 5.83. The summed E-state index contributed by atoms with van der Waals surface area (Å²) in [5.41, 5.74) is 1.64. The van der Waals surface area contributed by atoms with Gasteiger partial charge in [0.1, 0.15) is 5.82 Å². The summed E-state index contributed by atoms with van der Waals surface area (Å²) in [5, 5.41) is 3.25. The lowest BCUT2D eigenvalue weighted by Gasteiger charge is -2.12. The van der Waals surface area contributed by atoms with Crippen molar-refractivity contribution in [3.63, 3.8) is 0 Å². The zero-order valence-electron chi connectivity index (χ0n) is 9.51. The maximum atomic E-state index is 13.2. The van der Waals surface area contributed by atoms with Gasteiger partial charge in [-0.25, -0.2) is 4.39 Å². The van der Waals surface area contributed by atoms with Crippen LogP contribution in [0.25, 0.3) is 0 Å². The topological polar surface area (TPSA) is 21.3 Å². The third-order valence-electron chi connectivity index (χ3n) is 2.31. The molecule has 0 bridgehead atoms. The van der Waals surface area contributed by atoms with Crippen LogP contribution in [0.15, 0.2) is 18.2 Å². The van der Waals surface area contributed by atoms with E-state index in [4.69, 9.17) is 4.74 Å². The van der Waals surface area contributed by atoms with E-state index in [1.54, 1.807) is 26.2 Å². The van der Waals surface area contributed by atoms with Crippen molar-refractivity contribution in [3.05, 3.63) is 35.1 Å². The smallest absolute Gasteiger partial charge is 0.126 e. The van der Waals surface area contributed by atoms with Gasteiger partial charge in [0.2, 0.25) is 0 Å². The van der Waals surface area contributed by atoms with Crippen molar-refractivity contribution in [1.29, 1.82) is 0 Å². The summed E-state index contributed by atoms with van der Waals surface area (Å²) in [6, 6.07) is 5.58. The first-order valence-electron chi connectivity index (χ1n) is 5.11. The van der Waals surface area contributed by atoms with Gasteiger partial charge in [-0.3, -0.25) is 0 Å². The Labute approximate surface area is 90.4 Å². The van der Waals surface area contributed by atoms with Gasteiger partial charge in [-0.15, -0.1) is 0 Å². The van der Waals surface area contributed by atoms with E-state index in [9.17, 15) is 4.39 Å². The van der Waals surface area contributed by atoms with Gasteiger partial charge in [0, 0.05) is 19.7 Å². The fraction of sp³-hybridized carbons (Fsp3) is 0.500. The molecular weight excluding hydrogens is 193 g/mol. The maximum Gasteiger partial charge on any atom is 0.126 e. The molecule has 0 heterocycles. The van der Waals surface area contributed by atoms with Crippen LogP contribution in [0.1, 0.15) is 18.1 Å². The number of rotatable bonds is 5. The van der Waals surface area contributed by atoms with Crippen molar-refractivity contribution in [2.45, 2.75) is 26.4 Å². The first kappa shape index (κ1) is 12.1. The van der Waals surface area contributed by atoms with E-state index in [0.29, 0.717) is 18.7 Å². The van der Waals surface area contributed by atoms with Crippen LogP contribution in [0.2, 0.25) is 0 Å². The number of hydrogen-bond acceptors (Lipinski definition) is 2. The summed E-state index contributed by atoms with van der Waals surface area (Å²) >= 11 is 0. The molecule has 1 rings (SSSR count). The monoisotopic (exact) mass is 211 g/mol. The zero-order chi connectivity index (χ0) is 11.3. The van der Waals surface area contributed by atoms with Crippen molar-refractivity contribution in [2.75, 3.05) is 13.7 Å². The third-order valence-corrected chi connectivity index (χ3v) is 2.31. The summed E-state index contributed by atoms with van der Waals surface area (Å²) in [6.45, 7) is 5.13. The molecule has 0 unspecified atom stereocenters. The Morgan fingerprint density at radius 1 is 1.47 bits per heavy atom. The van der Waals surface area contributed by atoms with Crippen molar-refractivity contribution < 1.29 is 9.13 Å². The van der Waals surface area contributed by atoms with Crippen LogP contribution in [0, 0.1) is 12.7 Å². The van der Waals surface area contributed by atoms with E-state index in [0.717, 1.165) is 5.56 Å². The molecule has 0 fully saturated rings. The normalized spacial score (nSPS) is 12.8. The highest BCUT2D eigenvalue weighted by Crippen LogP contribution is 2.08. The lowest BCUT2D eigenvalue weighted by molar-refractivity contribution is 0.171. The van der Waals surface area contributed by atoms with Gasteiger partial charge in [0.15, 0.2) is 0 Å². The molecule has 1 aromatic carbocycles. The molecule has 1 aromatic rings. The Morgan fingerprint density at radius 3 is 2.80 bits per heavy atom. The minimum absolute atomic E-state index is 0.145. The van der Waals surface area contributed by atoms with Gasteiger partial charge in [-0.05, 0) is 31.0 Å². The Bertz CT molecular complexity index is 314. The molecule has 0 aromatic heterocycles. The highest BCUT2D eigenvalue weighted by Gasteiger charge is 2.02. The van der Waals surface area contributed by atoms with Gasteiger partial charge in [-0.1, -0.05) is 12.1 Å². The molecule has 3 heteroatoms. The predicted molar refractivity (Wildman–Crippen MR) is 59.3 cm³/mol. The molecule has 0 amide bonds. The fourth-order valence-corrected chi connectivity index (χ4v) is 1.35. The van der Waals surface area contributed by atoms with E-state index in [-0.39, 0.29) is 11.9 Å². The zero-order valence-corrected chi connectivity index (χ0v) is 9.51. The Kier molecular flexibility index (Phi) is 4.72. The average Bonchev–Trinajstić information content (AvgIpc) is 2.20. The summed E-state index contributed by atoms with van der Waals surface area (Å²) < 4.78 is 18.2. The van der Waals surface area contributed by atoms with E-state index < -0.39 is 0 Å². The molecule has 0 spiro atoms. The molecule has 0 saturated carbocycles. The van der Waals surface area contributed by atoms with Crippen LogP contribution in [-0.2, 0) is 11.3 Å². The predicted octanol–water partition coefficient (Wildman–Crippen LogP) is 2.26. The highest BCUT2D eigenvalue weighted by atomic mass is 19.1. The van der Waals surface area contributed by atoms with E-state index >= 15 is 0 Å². The summed E-state index contributed by atoms with van der Waals surface area (Å²) in [4.78, 5) is 0. The van der Waals surface area contributed by atoms with Crippen molar-refractivity contribution in [2.24, 2.45) is 0 Å². The number of ether oxygens (including phenoxy) is 1. The number of benzene rings is 1. The standard InChI is InChI=1S/C12H18FNO/c1-9-4-5-11(6-12(9)13)7-14-10(2)8-15-3/h4-6,10,14H,7-8H2,1-3H3/t10-/m0/s1. The minimum atomic E-state index is -0.145. The van der Waals surface area contributed by atoms with Gasteiger partial charge in [0.25, 0.3) is 0 Å². The SMILES string of the molecule is COC[C@H](C)NCc1ccc(C)c(F)c1. The molecule has 0 aliphatic carbocycles.